The molecule has 2 heterocycles. The first-order chi connectivity index (χ1) is 13.8. The molecule has 3 aromatic carbocycles. The molecule has 1 N–H and O–H groups in total. The van der Waals surface area contributed by atoms with Crippen LogP contribution >= 0.6 is 11.3 Å². The highest BCUT2D eigenvalue weighted by Crippen LogP contribution is 2.43. The van der Waals surface area contributed by atoms with Gasteiger partial charge in [-0.05, 0) is 24.3 Å². The number of thiazole rings is 1. The normalized spacial score (nSPS) is 12.9. The molecular weight excluding hydrogens is 368 g/mol. The number of amides is 1. The fourth-order valence-electron chi connectivity index (χ4n) is 3.61. The summed E-state index contributed by atoms with van der Waals surface area (Å²) in [6.07, 6.45) is 0.720. The Kier molecular flexibility index (Phi) is 4.29. The Hall–Kier alpha value is -3.18. The molecule has 0 unspecified atom stereocenters. The van der Waals surface area contributed by atoms with E-state index < -0.39 is 0 Å². The molecule has 0 atom stereocenters. The third kappa shape index (κ3) is 3.04. The summed E-state index contributed by atoms with van der Waals surface area (Å²) in [4.78, 5) is 17.7. The van der Waals surface area contributed by atoms with E-state index in [1.54, 1.807) is 11.3 Å². The van der Waals surface area contributed by atoms with E-state index in [0.717, 1.165) is 39.6 Å². The average molecular weight is 386 g/mol. The van der Waals surface area contributed by atoms with Gasteiger partial charge >= 0.3 is 0 Å². The Bertz CT molecular complexity index is 1090. The smallest absolute Gasteiger partial charge is 0.232 e. The average Bonchev–Trinajstić information content (AvgIpc) is 3.14. The van der Waals surface area contributed by atoms with Gasteiger partial charge in [0.05, 0.1) is 21.1 Å². The summed E-state index contributed by atoms with van der Waals surface area (Å²) in [5.41, 5.74) is 2.82. The molecule has 28 heavy (non-hydrogen) atoms. The summed E-state index contributed by atoms with van der Waals surface area (Å²) >= 11 is 1.68. The molecule has 0 saturated carbocycles. The zero-order valence-corrected chi connectivity index (χ0v) is 15.9. The maximum atomic E-state index is 13.1. The van der Waals surface area contributed by atoms with E-state index in [-0.39, 0.29) is 11.8 Å². The summed E-state index contributed by atoms with van der Waals surface area (Å²) in [5, 5.41) is 4.14. The van der Waals surface area contributed by atoms with Crippen molar-refractivity contribution in [3.8, 4) is 11.5 Å². The highest BCUT2D eigenvalue weighted by molar-refractivity contribution is 7.18. The van der Waals surface area contributed by atoms with E-state index in [1.165, 1.54) is 4.70 Å². The van der Waals surface area contributed by atoms with E-state index in [9.17, 15) is 4.79 Å². The Labute approximate surface area is 166 Å². The van der Waals surface area contributed by atoms with Crippen LogP contribution in [0, 0.1) is 0 Å². The number of nitrogens with zero attached hydrogens (tertiary/aromatic N) is 1. The van der Waals surface area contributed by atoms with E-state index >= 15 is 0 Å². The van der Waals surface area contributed by atoms with Crippen molar-refractivity contribution in [1.29, 1.82) is 0 Å². The van der Waals surface area contributed by atoms with Crippen molar-refractivity contribution in [2.45, 2.75) is 12.3 Å². The third-order valence-electron chi connectivity index (χ3n) is 4.92. The van der Waals surface area contributed by atoms with Crippen molar-refractivity contribution in [3.05, 3.63) is 88.9 Å². The molecule has 4 aromatic rings. The first-order valence-electron chi connectivity index (χ1n) is 9.27. The molecule has 4 nitrogen and oxygen atoms in total. The van der Waals surface area contributed by atoms with Gasteiger partial charge in [0, 0.05) is 24.1 Å². The van der Waals surface area contributed by atoms with Gasteiger partial charge in [0.2, 0.25) is 5.91 Å². The monoisotopic (exact) mass is 386 g/mol. The molecule has 5 rings (SSSR count). The van der Waals surface area contributed by atoms with Gasteiger partial charge in [-0.25, -0.2) is 4.98 Å². The van der Waals surface area contributed by atoms with Crippen LogP contribution in [0.3, 0.4) is 0 Å². The van der Waals surface area contributed by atoms with E-state index in [1.807, 2.05) is 66.7 Å². The number of benzene rings is 3. The molecule has 1 aliphatic rings. The maximum Gasteiger partial charge on any atom is 0.232 e. The molecule has 138 valence electrons. The van der Waals surface area contributed by atoms with Gasteiger partial charge in [0.15, 0.2) is 0 Å². The summed E-state index contributed by atoms with van der Waals surface area (Å²) in [6.45, 7) is 0.556. The van der Waals surface area contributed by atoms with Gasteiger partial charge < -0.3 is 10.1 Å². The molecule has 5 heteroatoms. The van der Waals surface area contributed by atoms with E-state index in [2.05, 4.69) is 16.4 Å². The third-order valence-corrected chi connectivity index (χ3v) is 6.01. The van der Waals surface area contributed by atoms with Crippen molar-refractivity contribution in [3.63, 3.8) is 0 Å². The van der Waals surface area contributed by atoms with Gasteiger partial charge in [-0.1, -0.05) is 48.5 Å². The quantitative estimate of drug-likeness (QED) is 0.543. The Morgan fingerprint density at radius 3 is 2.29 bits per heavy atom. The van der Waals surface area contributed by atoms with Gasteiger partial charge in [0.1, 0.15) is 11.5 Å². The van der Waals surface area contributed by atoms with Crippen molar-refractivity contribution >= 4 is 27.5 Å². The number of carbonyl (C=O) groups is 1. The molecule has 0 fully saturated rings. The minimum atomic E-state index is -0.364. The molecule has 0 saturated heterocycles. The Balaban J connectivity index is 1.35. The van der Waals surface area contributed by atoms with Crippen molar-refractivity contribution in [2.75, 3.05) is 6.54 Å². The number of carbonyl (C=O) groups excluding carboxylic acids is 1. The number of nitrogens with one attached hydrogen (secondary N) is 1. The van der Waals surface area contributed by atoms with Crippen LogP contribution in [0.2, 0.25) is 0 Å². The Morgan fingerprint density at radius 1 is 0.929 bits per heavy atom. The van der Waals surface area contributed by atoms with Crippen LogP contribution < -0.4 is 10.1 Å². The van der Waals surface area contributed by atoms with Crippen LogP contribution in [0.4, 0.5) is 0 Å². The van der Waals surface area contributed by atoms with Crippen LogP contribution in [0.25, 0.3) is 10.2 Å². The first kappa shape index (κ1) is 17.0. The minimum absolute atomic E-state index is 0.00990. The highest BCUT2D eigenvalue weighted by atomic mass is 32.1. The number of hydrogen-bond acceptors (Lipinski definition) is 4. The summed E-state index contributed by atoms with van der Waals surface area (Å²) in [7, 11) is 0. The second kappa shape index (κ2) is 7.09. The van der Waals surface area contributed by atoms with Crippen LogP contribution in [-0.4, -0.2) is 17.4 Å². The molecule has 1 aromatic heterocycles. The molecule has 0 aliphatic carbocycles. The molecule has 0 spiro atoms. The lowest BCUT2D eigenvalue weighted by atomic mass is 9.87. The van der Waals surface area contributed by atoms with E-state index in [4.69, 9.17) is 4.74 Å². The van der Waals surface area contributed by atoms with Crippen LogP contribution in [0.5, 0.6) is 11.5 Å². The van der Waals surface area contributed by atoms with Gasteiger partial charge in [-0.15, -0.1) is 11.3 Å². The zero-order valence-electron chi connectivity index (χ0n) is 15.1. The van der Waals surface area contributed by atoms with Gasteiger partial charge in [0.25, 0.3) is 0 Å². The van der Waals surface area contributed by atoms with Crippen LogP contribution in [-0.2, 0) is 11.2 Å². The topological polar surface area (TPSA) is 51.2 Å². The molecular formula is C23H18N2O2S. The second-order valence-electron chi connectivity index (χ2n) is 6.73. The highest BCUT2D eigenvalue weighted by Gasteiger charge is 2.32. The zero-order chi connectivity index (χ0) is 18.9. The number of aromatic nitrogens is 1. The number of rotatable bonds is 4. The van der Waals surface area contributed by atoms with Gasteiger partial charge in [-0.2, -0.15) is 0 Å². The molecule has 0 bridgehead atoms. The predicted octanol–water partition coefficient (Wildman–Crippen LogP) is 4.89. The summed E-state index contributed by atoms with van der Waals surface area (Å²) in [5.74, 6) is 1.11. The van der Waals surface area contributed by atoms with Crippen molar-refractivity contribution in [1.82, 2.24) is 10.3 Å². The maximum absolute atomic E-state index is 13.1. The van der Waals surface area contributed by atoms with Crippen LogP contribution in [0.15, 0.2) is 72.8 Å². The minimum Gasteiger partial charge on any atom is -0.457 e. The van der Waals surface area contributed by atoms with Crippen molar-refractivity contribution < 1.29 is 9.53 Å². The number of para-hydroxylation sites is 3. The largest absolute Gasteiger partial charge is 0.457 e. The fraction of sp³-hybridized carbons (Fsp3) is 0.130. The van der Waals surface area contributed by atoms with E-state index in [0.29, 0.717) is 6.54 Å². The van der Waals surface area contributed by atoms with Gasteiger partial charge in [-0.3, -0.25) is 4.79 Å². The lowest BCUT2D eigenvalue weighted by Crippen LogP contribution is -2.33. The lowest BCUT2D eigenvalue weighted by Gasteiger charge is -2.27. The fourth-order valence-corrected chi connectivity index (χ4v) is 4.58. The second-order valence-corrected chi connectivity index (χ2v) is 7.84. The predicted molar refractivity (Wildman–Crippen MR) is 111 cm³/mol. The SMILES string of the molecule is O=C(NCCc1nc2ccccc2s1)C1c2ccccc2Oc2ccccc21. The van der Waals surface area contributed by atoms with Crippen LogP contribution in [0.1, 0.15) is 22.1 Å². The summed E-state index contributed by atoms with van der Waals surface area (Å²) in [6, 6.07) is 23.6. The van der Waals surface area contributed by atoms with Crippen molar-refractivity contribution in [2.24, 2.45) is 0 Å². The molecule has 1 aliphatic heterocycles. The molecule has 1 amide bonds. The Morgan fingerprint density at radius 2 is 1.57 bits per heavy atom. The number of ether oxygens (including phenoxy) is 1. The lowest BCUT2D eigenvalue weighted by molar-refractivity contribution is -0.121. The standard InChI is InChI=1S/C23H18N2O2S/c26-23(24-14-13-21-25-17-9-3-6-12-20(17)28-21)22-15-7-1-4-10-18(15)27-19-11-5-2-8-16(19)22/h1-12,22H,13-14H2,(H,24,26). The first-order valence-corrected chi connectivity index (χ1v) is 10.1. The summed E-state index contributed by atoms with van der Waals surface area (Å²) < 4.78 is 7.15. The number of fused-ring (bicyclic) bond motifs is 3. The molecule has 0 radical (unpaired) electrons. The number of hydrogen-bond donors (Lipinski definition) is 1.